The van der Waals surface area contributed by atoms with Gasteiger partial charge in [0.15, 0.2) is 0 Å². The number of methoxy groups -OCH3 is 2. The summed E-state index contributed by atoms with van der Waals surface area (Å²) in [6.07, 6.45) is 32.8. The number of rotatable bonds is 25. The average molecular weight is 1040 g/mol. The number of hydrogen-bond acceptors (Lipinski definition) is 12. The van der Waals surface area contributed by atoms with E-state index in [0.717, 1.165) is 153 Å². The predicted octanol–water partition coefficient (Wildman–Crippen LogP) is 12.8. The van der Waals surface area contributed by atoms with E-state index in [9.17, 15) is 28.8 Å². The van der Waals surface area contributed by atoms with Gasteiger partial charge in [0.2, 0.25) is 0 Å². The fraction of sp³-hybridized carbons (Fsp3) is 0.900. The minimum absolute atomic E-state index is 0.0573. The third-order valence-electron chi connectivity index (χ3n) is 19.6. The van der Waals surface area contributed by atoms with E-state index in [2.05, 4.69) is 24.5 Å². The fourth-order valence-electron chi connectivity index (χ4n) is 14.3. The number of amides is 2. The second-order valence-corrected chi connectivity index (χ2v) is 24.7. The molecule has 0 atom stereocenters. The molecule has 6 aliphatic carbocycles. The molecule has 0 saturated heterocycles. The van der Waals surface area contributed by atoms with Crippen molar-refractivity contribution in [1.82, 2.24) is 10.6 Å². The quantitative estimate of drug-likeness (QED) is 0.0502. The minimum Gasteiger partial charge on any atom is -0.469 e. The third-order valence-corrected chi connectivity index (χ3v) is 19.6. The van der Waals surface area contributed by atoms with Crippen LogP contribution >= 0.6 is 0 Å². The van der Waals surface area contributed by atoms with E-state index in [1.54, 1.807) is 0 Å². The van der Waals surface area contributed by atoms with Crippen LogP contribution in [0.4, 0.5) is 9.59 Å². The molecule has 2 N–H and O–H groups in total. The Balaban J connectivity index is 0.739. The van der Waals surface area contributed by atoms with Crippen molar-refractivity contribution in [2.45, 2.75) is 238 Å². The standard InChI is InChI=1S/C60H100N2O12/c1-5-60(6-2,40-73-56(65)38-50-19-11-44(12-20-50)33-42-7-15-48(16-8-42)36-54(63)69-3)41-74-57(66)39-51-21-13-45(14-22-51)34-43-9-17-49(18-10-43)37-55(64)71-31-32-72-59(68)62-53-29-25-47(26-30-53)35-46-23-27-52(28-24-46)61-58(67)70-4/h42-53H,5-41H2,1-4H3,(H,61,67)(H,62,68). The molecule has 6 fully saturated rings. The normalized spacial score (nSPS) is 30.7. The molecule has 0 aromatic heterocycles. The molecule has 6 rings (SSSR count). The highest BCUT2D eigenvalue weighted by atomic mass is 16.6. The van der Waals surface area contributed by atoms with Gasteiger partial charge in [-0.2, -0.15) is 0 Å². The second-order valence-electron chi connectivity index (χ2n) is 24.7. The molecule has 0 spiro atoms. The summed E-state index contributed by atoms with van der Waals surface area (Å²) in [6.45, 7) is 4.91. The highest BCUT2D eigenvalue weighted by Crippen LogP contribution is 2.42. The lowest BCUT2D eigenvalue weighted by molar-refractivity contribution is -0.156. The highest BCUT2D eigenvalue weighted by Gasteiger charge is 2.35. The van der Waals surface area contributed by atoms with Gasteiger partial charge in [0, 0.05) is 43.2 Å². The van der Waals surface area contributed by atoms with Gasteiger partial charge < -0.3 is 39.1 Å². The van der Waals surface area contributed by atoms with Crippen LogP contribution in [0.25, 0.3) is 0 Å². The first-order valence-electron chi connectivity index (χ1n) is 30.1. The summed E-state index contributed by atoms with van der Waals surface area (Å²) in [5.41, 5.74) is -0.360. The summed E-state index contributed by atoms with van der Waals surface area (Å²) in [4.78, 5) is 74.6. The second kappa shape index (κ2) is 31.6. The zero-order valence-electron chi connectivity index (χ0n) is 46.5. The lowest BCUT2D eigenvalue weighted by Gasteiger charge is -2.34. The van der Waals surface area contributed by atoms with Crippen LogP contribution < -0.4 is 10.6 Å². The molecule has 2 amide bonds. The molecule has 0 unspecified atom stereocenters. The van der Waals surface area contributed by atoms with Crippen LogP contribution in [0.1, 0.15) is 226 Å². The Morgan fingerprint density at radius 2 is 0.635 bits per heavy atom. The lowest BCUT2D eigenvalue weighted by Crippen LogP contribution is -2.39. The smallest absolute Gasteiger partial charge is 0.407 e. The predicted molar refractivity (Wildman–Crippen MR) is 284 cm³/mol. The van der Waals surface area contributed by atoms with Crippen molar-refractivity contribution in [3.05, 3.63) is 0 Å². The van der Waals surface area contributed by atoms with E-state index in [0.29, 0.717) is 79.6 Å². The van der Waals surface area contributed by atoms with Crippen LogP contribution in [0.5, 0.6) is 0 Å². The molecule has 0 radical (unpaired) electrons. The summed E-state index contributed by atoms with van der Waals surface area (Å²) in [5.74, 6) is 5.28. The van der Waals surface area contributed by atoms with Gasteiger partial charge in [0.05, 0.1) is 14.2 Å². The van der Waals surface area contributed by atoms with Gasteiger partial charge in [-0.05, 0) is 194 Å². The van der Waals surface area contributed by atoms with Gasteiger partial charge >= 0.3 is 36.1 Å². The van der Waals surface area contributed by atoms with E-state index in [1.165, 1.54) is 59.2 Å². The van der Waals surface area contributed by atoms with E-state index in [1.807, 2.05) is 0 Å². The molecule has 0 aromatic rings. The van der Waals surface area contributed by atoms with E-state index < -0.39 is 6.09 Å². The highest BCUT2D eigenvalue weighted by molar-refractivity contribution is 5.71. The topological polar surface area (TPSA) is 182 Å². The SMILES string of the molecule is CCC(CC)(COC(=O)CC1CCC(CC2CCC(CC(=O)OC)CC2)CC1)COC(=O)CC1CCC(CC2CCC(CC(=O)OCCOC(=O)NC3CCC(CC4CCC(NC(=O)OC)CC4)CC3)CC2)CC1. The number of carbonyl (C=O) groups excluding carboxylic acids is 6. The van der Waals surface area contributed by atoms with Crippen LogP contribution in [-0.4, -0.2) is 88.8 Å². The molecule has 74 heavy (non-hydrogen) atoms. The molecule has 14 heteroatoms. The summed E-state index contributed by atoms with van der Waals surface area (Å²) >= 11 is 0. The Hall–Kier alpha value is -3.58. The Bertz CT molecular complexity index is 1690. The molecule has 0 heterocycles. The first-order valence-corrected chi connectivity index (χ1v) is 30.1. The monoisotopic (exact) mass is 1040 g/mol. The summed E-state index contributed by atoms with van der Waals surface area (Å²) in [7, 11) is 2.88. The molecule has 0 aromatic carbocycles. The zero-order valence-corrected chi connectivity index (χ0v) is 46.5. The number of hydrogen-bond donors (Lipinski definition) is 2. The van der Waals surface area contributed by atoms with Crippen LogP contribution in [0.2, 0.25) is 0 Å². The maximum atomic E-state index is 13.2. The molecule has 14 nitrogen and oxygen atoms in total. The molecular weight excluding hydrogens is 941 g/mol. The summed E-state index contributed by atoms with van der Waals surface area (Å²) in [5, 5.41) is 5.95. The van der Waals surface area contributed by atoms with Crippen molar-refractivity contribution in [2.24, 2.45) is 64.6 Å². The summed E-state index contributed by atoms with van der Waals surface area (Å²) < 4.78 is 32.3. The largest absolute Gasteiger partial charge is 0.469 e. The zero-order chi connectivity index (χ0) is 52.7. The van der Waals surface area contributed by atoms with Crippen molar-refractivity contribution >= 4 is 36.1 Å². The van der Waals surface area contributed by atoms with Crippen molar-refractivity contribution < 1.29 is 57.2 Å². The van der Waals surface area contributed by atoms with Crippen LogP contribution in [0.3, 0.4) is 0 Å². The van der Waals surface area contributed by atoms with Crippen LogP contribution in [-0.2, 0) is 47.6 Å². The number of esters is 4. The van der Waals surface area contributed by atoms with E-state index in [4.69, 9.17) is 28.4 Å². The number of alkyl carbamates (subject to hydrolysis) is 2. The minimum atomic E-state index is -0.437. The molecule has 422 valence electrons. The Labute approximate surface area is 445 Å². The first kappa shape index (κ1) is 59.7. The Morgan fingerprint density at radius 1 is 0.351 bits per heavy atom. The van der Waals surface area contributed by atoms with Gasteiger partial charge in [-0.1, -0.05) is 65.2 Å². The van der Waals surface area contributed by atoms with Gasteiger partial charge in [0.25, 0.3) is 0 Å². The van der Waals surface area contributed by atoms with E-state index in [-0.39, 0.29) is 67.3 Å². The fourth-order valence-corrected chi connectivity index (χ4v) is 14.3. The van der Waals surface area contributed by atoms with Gasteiger partial charge in [0.1, 0.15) is 26.4 Å². The lowest BCUT2D eigenvalue weighted by atomic mass is 9.72. The number of nitrogens with one attached hydrogen (secondary N) is 2. The Morgan fingerprint density at radius 3 is 0.959 bits per heavy atom. The number of carbonyl (C=O) groups is 6. The van der Waals surface area contributed by atoms with Crippen molar-refractivity contribution in [3.63, 3.8) is 0 Å². The Kier molecular flexibility index (Phi) is 25.5. The average Bonchev–Trinajstić information content (AvgIpc) is 3.41. The van der Waals surface area contributed by atoms with Gasteiger partial charge in [-0.15, -0.1) is 0 Å². The maximum absolute atomic E-state index is 13.2. The van der Waals surface area contributed by atoms with Crippen molar-refractivity contribution in [2.75, 3.05) is 40.6 Å². The molecule has 6 saturated carbocycles. The van der Waals surface area contributed by atoms with Gasteiger partial charge in [-0.3, -0.25) is 19.2 Å². The molecule has 0 aliphatic heterocycles. The number of ether oxygens (including phenoxy) is 6. The third kappa shape index (κ3) is 21.1. The van der Waals surface area contributed by atoms with E-state index >= 15 is 0 Å². The van der Waals surface area contributed by atoms with Crippen molar-refractivity contribution in [1.29, 1.82) is 0 Å². The molecular formula is C60H100N2O12. The molecule has 6 aliphatic rings. The summed E-state index contributed by atoms with van der Waals surface area (Å²) in [6, 6.07) is 0.341. The van der Waals surface area contributed by atoms with Crippen molar-refractivity contribution in [3.8, 4) is 0 Å². The van der Waals surface area contributed by atoms with Crippen LogP contribution in [0.15, 0.2) is 0 Å². The van der Waals surface area contributed by atoms with Gasteiger partial charge in [-0.25, -0.2) is 9.59 Å². The maximum Gasteiger partial charge on any atom is 0.407 e. The van der Waals surface area contributed by atoms with Crippen LogP contribution in [0, 0.1) is 64.6 Å². The molecule has 0 bridgehead atoms. The first-order chi connectivity index (χ1) is 35.8.